The van der Waals surface area contributed by atoms with Crippen LogP contribution < -0.4 is 9.47 Å². The van der Waals surface area contributed by atoms with Gasteiger partial charge in [-0.1, -0.05) is 0 Å². The lowest BCUT2D eigenvalue weighted by Gasteiger charge is -2.28. The Morgan fingerprint density at radius 3 is 2.29 bits per heavy atom. The maximum atomic E-state index is 13.8. The number of hydrogen-bond donors (Lipinski definition) is 0. The van der Waals surface area contributed by atoms with Crippen molar-refractivity contribution in [3.63, 3.8) is 0 Å². The molecule has 24 heavy (non-hydrogen) atoms. The average molecular weight is 333 g/mol. The first-order chi connectivity index (χ1) is 11.5. The number of amides is 1. The van der Waals surface area contributed by atoms with Gasteiger partial charge in [0, 0.05) is 0 Å². The number of ether oxygens (including phenoxy) is 2. The molecule has 1 saturated heterocycles. The summed E-state index contributed by atoms with van der Waals surface area (Å²) in [5.74, 6) is -2.12. The number of benzene rings is 1. The minimum atomic E-state index is -0.691. The zero-order valence-electron chi connectivity index (χ0n) is 12.7. The minimum absolute atomic E-state index is 0.222. The highest BCUT2D eigenvalue weighted by molar-refractivity contribution is 5.94. The highest BCUT2D eigenvalue weighted by atomic mass is 19.1. The van der Waals surface area contributed by atoms with Gasteiger partial charge in [-0.2, -0.15) is 10.2 Å². The molecule has 0 spiro atoms. The van der Waals surface area contributed by atoms with Gasteiger partial charge < -0.3 is 14.4 Å². The van der Waals surface area contributed by atoms with Gasteiger partial charge in [-0.25, -0.2) is 8.78 Å². The van der Waals surface area contributed by atoms with Crippen LogP contribution in [0.1, 0.15) is 16.1 Å². The first-order valence-corrected chi connectivity index (χ1v) is 7.43. The number of carbonyl (C=O) groups excluding carboxylic acids is 1. The van der Waals surface area contributed by atoms with Crippen molar-refractivity contribution in [3.8, 4) is 11.5 Å². The maximum Gasteiger partial charge on any atom is 0.255 e. The van der Waals surface area contributed by atoms with Crippen LogP contribution in [-0.2, 0) is 0 Å². The molecule has 2 atom stereocenters. The molecule has 0 N–H and O–H groups in total. The molecule has 4 rings (SSSR count). The van der Waals surface area contributed by atoms with E-state index in [0.29, 0.717) is 11.3 Å². The highest BCUT2D eigenvalue weighted by Gasteiger charge is 2.43. The maximum absolute atomic E-state index is 13.8. The molecule has 2 aliphatic rings. The quantitative estimate of drug-likeness (QED) is 0.795. The largest absolute Gasteiger partial charge is 0.478 e. The van der Waals surface area contributed by atoms with Crippen LogP contribution in [0.3, 0.4) is 0 Å². The van der Waals surface area contributed by atoms with E-state index in [0.717, 1.165) is 12.1 Å². The molecule has 124 valence electrons. The molecule has 0 bridgehead atoms. The van der Waals surface area contributed by atoms with Gasteiger partial charge in [-0.3, -0.25) is 4.79 Å². The van der Waals surface area contributed by atoms with Crippen molar-refractivity contribution in [2.45, 2.75) is 19.1 Å². The fourth-order valence-corrected chi connectivity index (χ4v) is 2.95. The Labute approximate surface area is 136 Å². The second kappa shape index (κ2) is 5.40. The second-order valence-corrected chi connectivity index (χ2v) is 5.80. The molecule has 1 aromatic carbocycles. The third kappa shape index (κ3) is 2.34. The predicted molar refractivity (Wildman–Crippen MR) is 77.9 cm³/mol. The molecular weight excluding hydrogens is 320 g/mol. The van der Waals surface area contributed by atoms with Crippen LogP contribution in [0.5, 0.6) is 11.5 Å². The fourth-order valence-electron chi connectivity index (χ4n) is 2.95. The Bertz CT molecular complexity index is 791. The van der Waals surface area contributed by atoms with Gasteiger partial charge in [0.05, 0.1) is 30.5 Å². The summed E-state index contributed by atoms with van der Waals surface area (Å²) in [7, 11) is 0. The van der Waals surface area contributed by atoms with Gasteiger partial charge in [0.25, 0.3) is 5.91 Å². The number of fused-ring (bicyclic) bond motifs is 2. The summed E-state index contributed by atoms with van der Waals surface area (Å²) in [6.45, 7) is 2.18. The lowest BCUT2D eigenvalue weighted by Crippen LogP contribution is -2.39. The Kier molecular flexibility index (Phi) is 3.33. The fraction of sp³-hybridized carbons (Fsp3) is 0.312. The van der Waals surface area contributed by atoms with Crippen molar-refractivity contribution >= 4 is 5.91 Å². The molecule has 1 fully saturated rings. The summed E-state index contributed by atoms with van der Waals surface area (Å²) in [4.78, 5) is 14.1. The van der Waals surface area contributed by atoms with Crippen molar-refractivity contribution in [3.05, 3.63) is 47.3 Å². The summed E-state index contributed by atoms with van der Waals surface area (Å²) < 4.78 is 38.7. The lowest BCUT2D eigenvalue weighted by atomic mass is 10.2. The highest BCUT2D eigenvalue weighted by Crippen LogP contribution is 2.40. The summed E-state index contributed by atoms with van der Waals surface area (Å²) in [6, 6.07) is 3.61. The third-order valence-corrected chi connectivity index (χ3v) is 4.08. The lowest BCUT2D eigenvalue weighted by molar-refractivity contribution is 0.0467. The van der Waals surface area contributed by atoms with Crippen LogP contribution in [0.2, 0.25) is 0 Å². The monoisotopic (exact) mass is 333 g/mol. The van der Waals surface area contributed by atoms with E-state index < -0.39 is 23.8 Å². The van der Waals surface area contributed by atoms with Gasteiger partial charge in [0.2, 0.25) is 11.5 Å². The Balaban J connectivity index is 1.57. The van der Waals surface area contributed by atoms with Crippen molar-refractivity contribution in [1.29, 1.82) is 0 Å². The SMILES string of the molecule is Cc1cc(C(=O)N2C[C@@H]3Oc4c(F)ccc(F)c4O[C@@H]3C2)cnn1. The zero-order valence-corrected chi connectivity index (χ0v) is 12.7. The smallest absolute Gasteiger partial charge is 0.255 e. The molecule has 0 saturated carbocycles. The van der Waals surface area contributed by atoms with E-state index in [1.165, 1.54) is 11.1 Å². The van der Waals surface area contributed by atoms with Crippen molar-refractivity contribution in [2.24, 2.45) is 0 Å². The Morgan fingerprint density at radius 1 is 1.17 bits per heavy atom. The number of likely N-dealkylation sites (tertiary alicyclic amines) is 1. The first-order valence-electron chi connectivity index (χ1n) is 7.43. The predicted octanol–water partition coefficient (Wildman–Crippen LogP) is 1.73. The number of rotatable bonds is 1. The molecule has 6 nitrogen and oxygen atoms in total. The van der Waals surface area contributed by atoms with E-state index in [1.807, 2.05) is 0 Å². The van der Waals surface area contributed by atoms with E-state index >= 15 is 0 Å². The van der Waals surface area contributed by atoms with E-state index in [-0.39, 0.29) is 30.5 Å². The summed E-state index contributed by atoms with van der Waals surface area (Å²) in [5.41, 5.74) is 1.03. The van der Waals surface area contributed by atoms with Gasteiger partial charge in [0.15, 0.2) is 23.8 Å². The normalized spacial score (nSPS) is 21.5. The van der Waals surface area contributed by atoms with E-state index in [2.05, 4.69) is 10.2 Å². The molecule has 1 amide bonds. The van der Waals surface area contributed by atoms with Crippen LogP contribution in [0.4, 0.5) is 8.78 Å². The molecule has 0 unspecified atom stereocenters. The van der Waals surface area contributed by atoms with Gasteiger partial charge in [-0.15, -0.1) is 0 Å². The van der Waals surface area contributed by atoms with Gasteiger partial charge in [0.1, 0.15) is 0 Å². The van der Waals surface area contributed by atoms with Crippen molar-refractivity contribution < 1.29 is 23.0 Å². The third-order valence-electron chi connectivity index (χ3n) is 4.08. The first kappa shape index (κ1) is 14.8. The van der Waals surface area contributed by atoms with Gasteiger partial charge >= 0.3 is 0 Å². The summed E-state index contributed by atoms with van der Waals surface area (Å²) in [5, 5.41) is 7.58. The van der Waals surface area contributed by atoms with E-state index in [4.69, 9.17) is 9.47 Å². The van der Waals surface area contributed by atoms with E-state index in [9.17, 15) is 13.6 Å². The average Bonchev–Trinajstić information content (AvgIpc) is 2.99. The van der Waals surface area contributed by atoms with Crippen molar-refractivity contribution in [1.82, 2.24) is 15.1 Å². The Morgan fingerprint density at radius 2 is 1.75 bits per heavy atom. The summed E-state index contributed by atoms with van der Waals surface area (Å²) >= 11 is 0. The number of carbonyl (C=O) groups is 1. The molecule has 2 aliphatic heterocycles. The van der Waals surface area contributed by atoms with Gasteiger partial charge in [-0.05, 0) is 25.1 Å². The molecule has 8 heteroatoms. The second-order valence-electron chi connectivity index (χ2n) is 5.80. The van der Waals surface area contributed by atoms with E-state index in [1.54, 1.807) is 13.0 Å². The van der Waals surface area contributed by atoms with Crippen LogP contribution in [0.15, 0.2) is 24.4 Å². The molecule has 0 radical (unpaired) electrons. The van der Waals surface area contributed by atoms with Crippen LogP contribution in [0, 0.1) is 18.6 Å². The molecule has 3 heterocycles. The number of hydrogen-bond acceptors (Lipinski definition) is 5. The number of halogens is 2. The zero-order chi connectivity index (χ0) is 16.8. The number of nitrogens with zero attached hydrogens (tertiary/aromatic N) is 3. The van der Waals surface area contributed by atoms with Crippen LogP contribution in [0.25, 0.3) is 0 Å². The number of aromatic nitrogens is 2. The molecule has 1 aromatic heterocycles. The van der Waals surface area contributed by atoms with Crippen LogP contribution in [-0.4, -0.2) is 46.3 Å². The van der Waals surface area contributed by atoms with Crippen LogP contribution >= 0.6 is 0 Å². The summed E-state index contributed by atoms with van der Waals surface area (Å²) in [6.07, 6.45) is 0.287. The molecular formula is C16H13F2N3O3. The minimum Gasteiger partial charge on any atom is -0.478 e. The number of aryl methyl sites for hydroxylation is 1. The Hall–Kier alpha value is -2.77. The van der Waals surface area contributed by atoms with Crippen molar-refractivity contribution in [2.75, 3.05) is 13.1 Å². The molecule has 0 aliphatic carbocycles. The topological polar surface area (TPSA) is 64.6 Å². The molecule has 2 aromatic rings. The standard InChI is InChI=1S/C16H13F2N3O3/c1-8-4-9(5-19-20-8)16(22)21-6-12-13(7-21)24-15-11(18)3-2-10(17)14(15)23-12/h2-5,12-13H,6-7H2,1H3/t12-,13+.